The Labute approximate surface area is 140 Å². The monoisotopic (exact) mass is 336 g/mol. The smallest absolute Gasteiger partial charge is 0.276 e. The zero-order valence-electron chi connectivity index (χ0n) is 13.9. The average molecular weight is 336 g/mol. The number of hydrogen-bond acceptors (Lipinski definition) is 6. The van der Waals surface area contributed by atoms with Crippen LogP contribution in [0.5, 0.6) is 0 Å². The molecule has 132 valence electrons. The SMILES string of the molecule is CN1CCN(C(=O)c2cn[nH]n2)CC12CCC(=O)N(CCO)CC2. The lowest BCUT2D eigenvalue weighted by atomic mass is 9.86. The molecule has 9 heteroatoms. The number of aromatic nitrogens is 3. The summed E-state index contributed by atoms with van der Waals surface area (Å²) in [6.45, 7) is 2.94. The van der Waals surface area contributed by atoms with Gasteiger partial charge in [-0.25, -0.2) is 0 Å². The molecule has 1 unspecified atom stereocenters. The molecule has 1 atom stereocenters. The number of carbonyl (C=O) groups excluding carboxylic acids is 2. The van der Waals surface area contributed by atoms with Crippen molar-refractivity contribution in [2.75, 3.05) is 46.4 Å². The van der Waals surface area contributed by atoms with Crippen LogP contribution in [0.2, 0.25) is 0 Å². The van der Waals surface area contributed by atoms with E-state index >= 15 is 0 Å². The van der Waals surface area contributed by atoms with E-state index in [1.807, 2.05) is 4.90 Å². The third kappa shape index (κ3) is 3.13. The van der Waals surface area contributed by atoms with Crippen molar-refractivity contribution in [1.82, 2.24) is 30.1 Å². The van der Waals surface area contributed by atoms with Crippen molar-refractivity contribution in [1.29, 1.82) is 0 Å². The zero-order chi connectivity index (χ0) is 17.2. The second kappa shape index (κ2) is 6.86. The maximum atomic E-state index is 12.6. The molecule has 2 aliphatic rings. The van der Waals surface area contributed by atoms with Gasteiger partial charge in [-0.3, -0.25) is 14.5 Å². The average Bonchev–Trinajstić information content (AvgIpc) is 3.07. The fourth-order valence-corrected chi connectivity index (χ4v) is 3.69. The van der Waals surface area contributed by atoms with Gasteiger partial charge in [-0.1, -0.05) is 0 Å². The van der Waals surface area contributed by atoms with E-state index in [1.165, 1.54) is 6.20 Å². The van der Waals surface area contributed by atoms with Gasteiger partial charge in [0.15, 0.2) is 5.69 Å². The molecule has 3 heterocycles. The molecule has 0 saturated carbocycles. The number of carbonyl (C=O) groups is 2. The molecule has 2 fully saturated rings. The van der Waals surface area contributed by atoms with E-state index in [2.05, 4.69) is 27.4 Å². The number of H-pyrrole nitrogens is 1. The number of piperazine rings is 1. The Kier molecular flexibility index (Phi) is 4.81. The molecule has 1 spiro atoms. The lowest BCUT2D eigenvalue weighted by Gasteiger charge is -2.49. The van der Waals surface area contributed by atoms with Crippen molar-refractivity contribution < 1.29 is 14.7 Å². The predicted octanol–water partition coefficient (Wildman–Crippen LogP) is -1.06. The lowest BCUT2D eigenvalue weighted by Crippen LogP contribution is -2.62. The number of aliphatic hydroxyl groups is 1. The number of nitrogens with zero attached hydrogens (tertiary/aromatic N) is 5. The first kappa shape index (κ1) is 16.8. The molecule has 2 saturated heterocycles. The fraction of sp³-hybridized carbons (Fsp3) is 0.733. The van der Waals surface area contributed by atoms with Crippen molar-refractivity contribution in [3.63, 3.8) is 0 Å². The van der Waals surface area contributed by atoms with Crippen molar-refractivity contribution in [2.24, 2.45) is 0 Å². The van der Waals surface area contributed by atoms with E-state index in [0.29, 0.717) is 44.7 Å². The first-order valence-electron chi connectivity index (χ1n) is 8.31. The van der Waals surface area contributed by atoms with Crippen LogP contribution in [0.25, 0.3) is 0 Å². The maximum absolute atomic E-state index is 12.6. The molecule has 0 aromatic carbocycles. The van der Waals surface area contributed by atoms with Gasteiger partial charge in [0.2, 0.25) is 5.91 Å². The summed E-state index contributed by atoms with van der Waals surface area (Å²) < 4.78 is 0. The first-order valence-corrected chi connectivity index (χ1v) is 8.31. The van der Waals surface area contributed by atoms with Crippen LogP contribution in [0.3, 0.4) is 0 Å². The van der Waals surface area contributed by atoms with E-state index in [-0.39, 0.29) is 24.0 Å². The number of β-amino-alcohol motifs (C(OH)–C–C–N with tert-alkyl or cyclic N) is 1. The molecule has 2 N–H and O–H groups in total. The summed E-state index contributed by atoms with van der Waals surface area (Å²) in [6, 6.07) is 0. The highest BCUT2D eigenvalue weighted by molar-refractivity contribution is 5.92. The molecule has 24 heavy (non-hydrogen) atoms. The van der Waals surface area contributed by atoms with Gasteiger partial charge in [0.1, 0.15) is 0 Å². The summed E-state index contributed by atoms with van der Waals surface area (Å²) in [5.41, 5.74) is 0.110. The predicted molar refractivity (Wildman–Crippen MR) is 85.2 cm³/mol. The van der Waals surface area contributed by atoms with Crippen LogP contribution in [0.4, 0.5) is 0 Å². The number of likely N-dealkylation sites (tertiary alicyclic amines) is 1. The largest absolute Gasteiger partial charge is 0.395 e. The zero-order valence-corrected chi connectivity index (χ0v) is 13.9. The second-order valence-electron chi connectivity index (χ2n) is 6.58. The Morgan fingerprint density at radius 1 is 1.38 bits per heavy atom. The quantitative estimate of drug-likeness (QED) is 0.729. The number of rotatable bonds is 3. The minimum Gasteiger partial charge on any atom is -0.395 e. The Morgan fingerprint density at radius 3 is 2.92 bits per heavy atom. The summed E-state index contributed by atoms with van der Waals surface area (Å²) in [6.07, 6.45) is 3.38. The third-order valence-corrected chi connectivity index (χ3v) is 5.30. The summed E-state index contributed by atoms with van der Waals surface area (Å²) in [5, 5.41) is 19.2. The number of amides is 2. The van der Waals surface area contributed by atoms with Crippen molar-refractivity contribution >= 4 is 11.8 Å². The third-order valence-electron chi connectivity index (χ3n) is 5.30. The van der Waals surface area contributed by atoms with Crippen molar-refractivity contribution in [2.45, 2.75) is 24.8 Å². The second-order valence-corrected chi connectivity index (χ2v) is 6.58. The number of aromatic amines is 1. The van der Waals surface area contributed by atoms with E-state index < -0.39 is 0 Å². The summed E-state index contributed by atoms with van der Waals surface area (Å²) >= 11 is 0. The molecule has 9 nitrogen and oxygen atoms in total. The Morgan fingerprint density at radius 2 is 2.21 bits per heavy atom. The molecule has 0 bridgehead atoms. The van der Waals surface area contributed by atoms with Crippen molar-refractivity contribution in [3.05, 3.63) is 11.9 Å². The number of aliphatic hydroxyl groups excluding tert-OH is 1. The van der Waals surface area contributed by atoms with Gasteiger partial charge >= 0.3 is 0 Å². The lowest BCUT2D eigenvalue weighted by molar-refractivity contribution is -0.131. The van der Waals surface area contributed by atoms with Crippen LogP contribution < -0.4 is 0 Å². The van der Waals surface area contributed by atoms with Crippen LogP contribution in [-0.4, -0.2) is 98.9 Å². The fourth-order valence-electron chi connectivity index (χ4n) is 3.69. The molecule has 2 amide bonds. The summed E-state index contributed by atoms with van der Waals surface area (Å²) in [5.74, 6) is -0.0479. The molecule has 0 aliphatic carbocycles. The van der Waals surface area contributed by atoms with Gasteiger partial charge in [-0.15, -0.1) is 0 Å². The Bertz CT molecular complexity index is 592. The number of nitrogens with one attached hydrogen (secondary N) is 1. The van der Waals surface area contributed by atoms with E-state index in [4.69, 9.17) is 5.11 Å². The molecular weight excluding hydrogens is 312 g/mol. The molecule has 2 aliphatic heterocycles. The van der Waals surface area contributed by atoms with Gasteiger partial charge in [-0.2, -0.15) is 15.4 Å². The van der Waals surface area contributed by atoms with Crippen LogP contribution in [-0.2, 0) is 4.79 Å². The molecule has 0 radical (unpaired) electrons. The highest BCUT2D eigenvalue weighted by atomic mass is 16.3. The highest BCUT2D eigenvalue weighted by Gasteiger charge is 2.43. The van der Waals surface area contributed by atoms with Crippen LogP contribution >= 0.6 is 0 Å². The van der Waals surface area contributed by atoms with Gasteiger partial charge in [0, 0.05) is 44.7 Å². The summed E-state index contributed by atoms with van der Waals surface area (Å²) in [7, 11) is 2.06. The normalized spacial score (nSPS) is 26.0. The van der Waals surface area contributed by atoms with E-state index in [1.54, 1.807) is 4.90 Å². The van der Waals surface area contributed by atoms with Crippen LogP contribution in [0, 0.1) is 0 Å². The van der Waals surface area contributed by atoms with Crippen molar-refractivity contribution in [3.8, 4) is 0 Å². The van der Waals surface area contributed by atoms with Gasteiger partial charge in [0.25, 0.3) is 5.91 Å². The number of likely N-dealkylation sites (N-methyl/N-ethyl adjacent to an activating group) is 1. The minimum absolute atomic E-state index is 0.0225. The topological polar surface area (TPSA) is 106 Å². The molecular formula is C15H24N6O3. The molecule has 1 aromatic heterocycles. The molecule has 3 rings (SSSR count). The van der Waals surface area contributed by atoms with Gasteiger partial charge < -0.3 is 14.9 Å². The standard InChI is InChI=1S/C15H24N6O3/c1-19-6-7-21(14(24)12-10-16-18-17-12)11-15(19)3-2-13(23)20(5-4-15)8-9-22/h10,22H,2-9,11H2,1H3,(H,16,17,18). The molecule has 1 aromatic rings. The van der Waals surface area contributed by atoms with E-state index in [9.17, 15) is 9.59 Å². The van der Waals surface area contributed by atoms with Crippen LogP contribution in [0.1, 0.15) is 29.8 Å². The Balaban J connectivity index is 1.75. The summed E-state index contributed by atoms with van der Waals surface area (Å²) in [4.78, 5) is 30.6. The Hall–Kier alpha value is -2.00. The first-order chi connectivity index (χ1) is 11.6. The number of hydrogen-bond donors (Lipinski definition) is 2. The van der Waals surface area contributed by atoms with Gasteiger partial charge in [0.05, 0.1) is 12.8 Å². The maximum Gasteiger partial charge on any atom is 0.276 e. The van der Waals surface area contributed by atoms with Crippen LogP contribution in [0.15, 0.2) is 6.20 Å². The minimum atomic E-state index is -0.211. The van der Waals surface area contributed by atoms with E-state index in [0.717, 1.165) is 13.0 Å². The van der Waals surface area contributed by atoms with Gasteiger partial charge in [-0.05, 0) is 19.9 Å². The highest BCUT2D eigenvalue weighted by Crippen LogP contribution is 2.32.